The average molecular weight is 338 g/mol. The number of hydrogen-bond acceptors (Lipinski definition) is 6. The van der Waals surface area contributed by atoms with Crippen molar-refractivity contribution in [3.05, 3.63) is 6.20 Å². The van der Waals surface area contributed by atoms with E-state index in [1.54, 1.807) is 19.0 Å². The Balaban J connectivity index is 1.84. The van der Waals surface area contributed by atoms with Gasteiger partial charge in [-0.3, -0.25) is 14.9 Å². The van der Waals surface area contributed by atoms with Gasteiger partial charge in [-0.05, 0) is 12.8 Å². The third kappa shape index (κ3) is 4.43. The summed E-state index contributed by atoms with van der Waals surface area (Å²) in [5.74, 6) is -0.183. The van der Waals surface area contributed by atoms with Crippen molar-refractivity contribution < 1.29 is 19.1 Å². The van der Waals surface area contributed by atoms with E-state index in [1.807, 2.05) is 0 Å². The van der Waals surface area contributed by atoms with E-state index < -0.39 is 0 Å². The maximum atomic E-state index is 12.3. The van der Waals surface area contributed by atoms with Crippen LogP contribution in [0.5, 0.6) is 0 Å². The first-order valence-electron chi connectivity index (χ1n) is 7.64. The lowest BCUT2D eigenvalue weighted by Crippen LogP contribution is -2.42. The van der Waals surface area contributed by atoms with E-state index in [1.165, 1.54) is 22.9 Å². The predicted molar refractivity (Wildman–Crippen MR) is 84.0 cm³/mol. The molecule has 10 heteroatoms. The Hall–Kier alpha value is -2.65. The van der Waals surface area contributed by atoms with Crippen LogP contribution in [0.1, 0.15) is 12.8 Å². The molecule has 0 spiro atoms. The van der Waals surface area contributed by atoms with Crippen LogP contribution >= 0.6 is 0 Å². The molecule has 1 aromatic heterocycles. The number of carbonyl (C=O) groups is 3. The van der Waals surface area contributed by atoms with Crippen LogP contribution in [0.25, 0.3) is 0 Å². The number of nitrogens with one attached hydrogen (secondary N) is 1. The van der Waals surface area contributed by atoms with Crippen LogP contribution < -0.4 is 5.32 Å². The summed E-state index contributed by atoms with van der Waals surface area (Å²) >= 11 is 0. The number of esters is 1. The highest BCUT2D eigenvalue weighted by molar-refractivity contribution is 5.87. The molecule has 10 nitrogen and oxygen atoms in total. The Bertz CT molecular complexity index is 606. The molecular weight excluding hydrogens is 316 g/mol. The minimum Gasteiger partial charge on any atom is -0.469 e. The molecule has 1 aliphatic heterocycles. The van der Waals surface area contributed by atoms with Crippen molar-refractivity contribution in [2.24, 2.45) is 5.92 Å². The molecule has 3 amide bonds. The SMILES string of the molecule is COC(=O)C1CCN(C(=O)Cn2cc(NC(=O)N(C)C)nn2)CC1. The van der Waals surface area contributed by atoms with Crippen LogP contribution in [0.15, 0.2) is 6.20 Å². The van der Waals surface area contributed by atoms with E-state index in [-0.39, 0.29) is 36.2 Å². The number of rotatable bonds is 4. The molecule has 1 aromatic rings. The van der Waals surface area contributed by atoms with Crippen LogP contribution in [0.2, 0.25) is 0 Å². The molecule has 24 heavy (non-hydrogen) atoms. The van der Waals surface area contributed by atoms with Gasteiger partial charge in [0.25, 0.3) is 0 Å². The van der Waals surface area contributed by atoms with E-state index in [0.29, 0.717) is 25.9 Å². The van der Waals surface area contributed by atoms with Gasteiger partial charge in [-0.2, -0.15) is 0 Å². The second-order valence-corrected chi connectivity index (χ2v) is 5.80. The van der Waals surface area contributed by atoms with Crippen LogP contribution in [0, 0.1) is 5.92 Å². The number of carbonyl (C=O) groups excluding carboxylic acids is 3. The second kappa shape index (κ2) is 7.75. The van der Waals surface area contributed by atoms with Crippen LogP contribution in [0.4, 0.5) is 10.6 Å². The first-order chi connectivity index (χ1) is 11.4. The van der Waals surface area contributed by atoms with Gasteiger partial charge in [-0.15, -0.1) is 5.10 Å². The number of aromatic nitrogens is 3. The maximum Gasteiger partial charge on any atom is 0.322 e. The number of piperidine rings is 1. The number of amides is 3. The average Bonchev–Trinajstić information content (AvgIpc) is 3.01. The zero-order valence-corrected chi connectivity index (χ0v) is 14.1. The first-order valence-corrected chi connectivity index (χ1v) is 7.64. The zero-order valence-electron chi connectivity index (χ0n) is 14.1. The smallest absolute Gasteiger partial charge is 0.322 e. The lowest BCUT2D eigenvalue weighted by atomic mass is 9.97. The summed E-state index contributed by atoms with van der Waals surface area (Å²) in [6.45, 7) is 1.06. The van der Waals surface area contributed by atoms with Gasteiger partial charge in [-0.1, -0.05) is 5.21 Å². The second-order valence-electron chi connectivity index (χ2n) is 5.80. The first kappa shape index (κ1) is 17.7. The number of methoxy groups -OCH3 is 1. The van der Waals surface area contributed by atoms with Gasteiger partial charge in [0.1, 0.15) is 6.54 Å². The van der Waals surface area contributed by atoms with E-state index in [0.717, 1.165) is 0 Å². The van der Waals surface area contributed by atoms with Gasteiger partial charge in [0.2, 0.25) is 5.91 Å². The van der Waals surface area contributed by atoms with Crippen molar-refractivity contribution in [1.82, 2.24) is 24.8 Å². The molecule has 0 radical (unpaired) electrons. The quantitative estimate of drug-likeness (QED) is 0.760. The standard InChI is InChI=1S/C14H22N6O4/c1-18(2)14(23)15-11-8-20(17-16-11)9-12(21)19-6-4-10(5-7-19)13(22)24-3/h8,10H,4-7,9H2,1-3H3,(H,15,23). The van der Waals surface area contributed by atoms with Gasteiger partial charge in [0, 0.05) is 27.2 Å². The summed E-state index contributed by atoms with van der Waals surface area (Å²) in [6, 6.07) is -0.321. The molecule has 1 fully saturated rings. The van der Waals surface area contributed by atoms with Crippen molar-refractivity contribution in [1.29, 1.82) is 0 Å². The van der Waals surface area contributed by atoms with Gasteiger partial charge < -0.3 is 14.5 Å². The Kier molecular flexibility index (Phi) is 5.72. The molecule has 2 heterocycles. The zero-order chi connectivity index (χ0) is 17.7. The van der Waals surface area contributed by atoms with Gasteiger partial charge in [0.15, 0.2) is 5.82 Å². The fourth-order valence-electron chi connectivity index (χ4n) is 2.42. The molecular formula is C14H22N6O4. The predicted octanol–water partition coefficient (Wildman–Crippen LogP) is -0.217. The molecule has 0 atom stereocenters. The lowest BCUT2D eigenvalue weighted by molar-refractivity contribution is -0.149. The number of ether oxygens (including phenoxy) is 1. The van der Waals surface area contributed by atoms with Crippen molar-refractivity contribution in [3.8, 4) is 0 Å². The van der Waals surface area contributed by atoms with Crippen molar-refractivity contribution in [2.45, 2.75) is 19.4 Å². The summed E-state index contributed by atoms with van der Waals surface area (Å²) in [7, 11) is 4.60. The van der Waals surface area contributed by atoms with Gasteiger partial charge in [-0.25, -0.2) is 9.48 Å². The summed E-state index contributed by atoms with van der Waals surface area (Å²) in [6.07, 6.45) is 2.69. The molecule has 1 aliphatic rings. The van der Waals surface area contributed by atoms with Gasteiger partial charge in [0.05, 0.1) is 19.2 Å². The lowest BCUT2D eigenvalue weighted by Gasteiger charge is -2.30. The molecule has 0 aromatic carbocycles. The topological polar surface area (TPSA) is 110 Å². The largest absolute Gasteiger partial charge is 0.469 e. The Morgan fingerprint density at radius 1 is 1.33 bits per heavy atom. The third-order valence-corrected chi connectivity index (χ3v) is 3.86. The van der Waals surface area contributed by atoms with Crippen LogP contribution in [0.3, 0.4) is 0 Å². The summed E-state index contributed by atoms with van der Waals surface area (Å²) in [5.41, 5.74) is 0. The molecule has 0 aliphatic carbocycles. The number of likely N-dealkylation sites (tertiary alicyclic amines) is 1. The minimum atomic E-state index is -0.321. The van der Waals surface area contributed by atoms with E-state index in [2.05, 4.69) is 15.6 Å². The van der Waals surface area contributed by atoms with Crippen LogP contribution in [-0.4, -0.2) is 77.0 Å². The highest BCUT2D eigenvalue weighted by atomic mass is 16.5. The summed E-state index contributed by atoms with van der Waals surface area (Å²) in [5, 5.41) is 10.2. The molecule has 0 saturated carbocycles. The third-order valence-electron chi connectivity index (χ3n) is 3.86. The Labute approximate surface area is 139 Å². The van der Waals surface area contributed by atoms with E-state index in [9.17, 15) is 14.4 Å². The van der Waals surface area contributed by atoms with Gasteiger partial charge >= 0.3 is 12.0 Å². The minimum absolute atomic E-state index is 0.0354. The molecule has 0 bridgehead atoms. The van der Waals surface area contributed by atoms with Crippen molar-refractivity contribution >= 4 is 23.7 Å². The number of nitrogens with zero attached hydrogens (tertiary/aromatic N) is 5. The van der Waals surface area contributed by atoms with Crippen molar-refractivity contribution in [3.63, 3.8) is 0 Å². The molecule has 2 rings (SSSR count). The fourth-order valence-corrected chi connectivity index (χ4v) is 2.42. The molecule has 132 valence electrons. The Morgan fingerprint density at radius 2 is 2.00 bits per heavy atom. The fraction of sp³-hybridized carbons (Fsp3) is 0.643. The van der Waals surface area contributed by atoms with E-state index in [4.69, 9.17) is 4.74 Å². The molecule has 0 unspecified atom stereocenters. The molecule has 1 saturated heterocycles. The monoisotopic (exact) mass is 338 g/mol. The van der Waals surface area contributed by atoms with Crippen molar-refractivity contribution in [2.75, 3.05) is 39.6 Å². The highest BCUT2D eigenvalue weighted by Gasteiger charge is 2.28. The van der Waals surface area contributed by atoms with E-state index >= 15 is 0 Å². The highest BCUT2D eigenvalue weighted by Crippen LogP contribution is 2.18. The maximum absolute atomic E-state index is 12.3. The molecule has 1 N–H and O–H groups in total. The normalized spacial score (nSPS) is 15.0. The number of hydrogen-bond donors (Lipinski definition) is 1. The van der Waals surface area contributed by atoms with Crippen LogP contribution in [-0.2, 0) is 20.9 Å². The summed E-state index contributed by atoms with van der Waals surface area (Å²) < 4.78 is 6.10. The Morgan fingerprint density at radius 3 is 2.58 bits per heavy atom. The summed E-state index contributed by atoms with van der Waals surface area (Å²) in [4.78, 5) is 38.4. The number of urea groups is 1. The number of anilines is 1.